The maximum atomic E-state index is 12.5. The van der Waals surface area contributed by atoms with Gasteiger partial charge in [-0.15, -0.1) is 0 Å². The van der Waals surface area contributed by atoms with Gasteiger partial charge in [0.05, 0.1) is 5.52 Å². The Hall–Kier alpha value is -3.08. The molecule has 0 aliphatic carbocycles. The lowest BCUT2D eigenvalue weighted by atomic mass is 10.1. The summed E-state index contributed by atoms with van der Waals surface area (Å²) in [5.74, 6) is -0.187. The average Bonchev–Trinajstić information content (AvgIpc) is 2.54. The second kappa shape index (κ2) is 6.20. The number of nitrogens with zero attached hydrogens (tertiary/aromatic N) is 1. The molecule has 0 bridgehead atoms. The van der Waals surface area contributed by atoms with Crippen molar-refractivity contribution in [1.29, 1.82) is 0 Å². The highest BCUT2D eigenvalue weighted by molar-refractivity contribution is 6.05. The van der Waals surface area contributed by atoms with Crippen molar-refractivity contribution in [2.75, 3.05) is 24.3 Å². The van der Waals surface area contributed by atoms with Crippen LogP contribution in [0.3, 0.4) is 0 Å². The zero-order valence-electron chi connectivity index (χ0n) is 13.9. The Morgan fingerprint density at radius 1 is 1.08 bits per heavy atom. The summed E-state index contributed by atoms with van der Waals surface area (Å²) in [6.07, 6.45) is 0. The Labute approximate surface area is 139 Å². The van der Waals surface area contributed by atoms with Gasteiger partial charge in [0.15, 0.2) is 0 Å². The van der Waals surface area contributed by atoms with Crippen LogP contribution in [0.5, 0.6) is 0 Å². The fourth-order valence-electron chi connectivity index (χ4n) is 2.64. The molecule has 0 radical (unpaired) electrons. The van der Waals surface area contributed by atoms with Crippen molar-refractivity contribution in [3.8, 4) is 0 Å². The third kappa shape index (κ3) is 3.15. The number of hydrogen-bond donors (Lipinski definition) is 2. The maximum absolute atomic E-state index is 12.5. The molecule has 0 aliphatic rings. The van der Waals surface area contributed by atoms with E-state index in [0.717, 1.165) is 16.6 Å². The van der Waals surface area contributed by atoms with Crippen molar-refractivity contribution in [3.63, 3.8) is 0 Å². The van der Waals surface area contributed by atoms with Crippen LogP contribution in [-0.4, -0.2) is 25.0 Å². The van der Waals surface area contributed by atoms with E-state index in [4.69, 9.17) is 0 Å². The lowest BCUT2D eigenvalue weighted by Gasteiger charge is -2.13. The summed E-state index contributed by atoms with van der Waals surface area (Å²) in [6.45, 7) is 1.89. The molecule has 0 unspecified atom stereocenters. The van der Waals surface area contributed by atoms with E-state index in [1.165, 1.54) is 0 Å². The number of nitrogens with one attached hydrogen (secondary N) is 2. The Morgan fingerprint density at radius 3 is 2.62 bits per heavy atom. The number of amides is 1. The summed E-state index contributed by atoms with van der Waals surface area (Å²) in [4.78, 5) is 28.8. The van der Waals surface area contributed by atoms with E-state index in [9.17, 15) is 9.59 Å². The molecule has 0 atom stereocenters. The van der Waals surface area contributed by atoms with Crippen molar-refractivity contribution in [2.45, 2.75) is 6.92 Å². The number of fused-ring (bicyclic) bond motifs is 1. The monoisotopic (exact) mass is 321 g/mol. The SMILES string of the molecule is Cc1cc(=O)[nH]c2cc(NC(=O)c3cccc(N(C)C)c3)ccc12. The molecule has 24 heavy (non-hydrogen) atoms. The first kappa shape index (κ1) is 15.8. The minimum absolute atomic E-state index is 0.151. The van der Waals surface area contributed by atoms with Gasteiger partial charge in [-0.1, -0.05) is 12.1 Å². The molecule has 122 valence electrons. The first-order valence-electron chi connectivity index (χ1n) is 7.66. The second-order valence-electron chi connectivity index (χ2n) is 5.98. The number of benzene rings is 2. The van der Waals surface area contributed by atoms with Crippen molar-refractivity contribution in [2.24, 2.45) is 0 Å². The lowest BCUT2D eigenvalue weighted by molar-refractivity contribution is 0.102. The third-order valence-corrected chi connectivity index (χ3v) is 3.93. The minimum Gasteiger partial charge on any atom is -0.378 e. The molecule has 0 saturated carbocycles. The van der Waals surface area contributed by atoms with E-state index in [1.54, 1.807) is 18.2 Å². The van der Waals surface area contributed by atoms with Crippen LogP contribution in [0.15, 0.2) is 53.3 Å². The largest absolute Gasteiger partial charge is 0.378 e. The number of carbonyl (C=O) groups excluding carboxylic acids is 1. The van der Waals surface area contributed by atoms with E-state index < -0.39 is 0 Å². The fraction of sp³-hybridized carbons (Fsp3) is 0.158. The molecule has 0 aliphatic heterocycles. The lowest BCUT2D eigenvalue weighted by Crippen LogP contribution is -2.14. The van der Waals surface area contributed by atoms with Gasteiger partial charge in [0.2, 0.25) is 5.56 Å². The molecule has 3 aromatic rings. The number of aromatic nitrogens is 1. The molecule has 1 amide bonds. The molecular formula is C19H19N3O2. The van der Waals surface area contributed by atoms with Crippen LogP contribution in [0, 0.1) is 6.92 Å². The molecule has 3 rings (SSSR count). The zero-order valence-corrected chi connectivity index (χ0v) is 13.9. The van der Waals surface area contributed by atoms with Crippen molar-refractivity contribution in [1.82, 2.24) is 4.98 Å². The van der Waals surface area contributed by atoms with Gasteiger partial charge >= 0.3 is 0 Å². The quantitative estimate of drug-likeness (QED) is 0.779. The smallest absolute Gasteiger partial charge is 0.255 e. The molecule has 2 N–H and O–H groups in total. The van der Waals surface area contributed by atoms with Crippen molar-refractivity contribution >= 4 is 28.2 Å². The van der Waals surface area contributed by atoms with Crippen molar-refractivity contribution < 1.29 is 4.79 Å². The summed E-state index contributed by atoms with van der Waals surface area (Å²) in [6, 6.07) is 14.5. The number of rotatable bonds is 3. The second-order valence-corrected chi connectivity index (χ2v) is 5.98. The normalized spacial score (nSPS) is 10.6. The first-order valence-corrected chi connectivity index (χ1v) is 7.66. The van der Waals surface area contributed by atoms with E-state index in [1.807, 2.05) is 56.3 Å². The Kier molecular flexibility index (Phi) is 4.08. The molecule has 1 heterocycles. The Morgan fingerprint density at radius 2 is 1.88 bits per heavy atom. The van der Waals surface area contributed by atoms with Gasteiger partial charge in [-0.05, 0) is 42.8 Å². The number of aryl methyl sites for hydroxylation is 1. The predicted octanol–water partition coefficient (Wildman–Crippen LogP) is 3.15. The molecule has 0 saturated heterocycles. The van der Waals surface area contributed by atoms with Gasteiger partial charge in [-0.25, -0.2) is 0 Å². The van der Waals surface area contributed by atoms with Crippen LogP contribution in [-0.2, 0) is 0 Å². The predicted molar refractivity (Wildman–Crippen MR) is 98.0 cm³/mol. The summed E-state index contributed by atoms with van der Waals surface area (Å²) >= 11 is 0. The van der Waals surface area contributed by atoms with Crippen LogP contribution < -0.4 is 15.8 Å². The topological polar surface area (TPSA) is 65.2 Å². The first-order chi connectivity index (χ1) is 11.4. The van der Waals surface area contributed by atoms with Gasteiger partial charge in [0, 0.05) is 42.5 Å². The summed E-state index contributed by atoms with van der Waals surface area (Å²) in [7, 11) is 3.86. The van der Waals surface area contributed by atoms with Gasteiger partial charge < -0.3 is 15.2 Å². The van der Waals surface area contributed by atoms with Crippen molar-refractivity contribution in [3.05, 3.63) is 70.0 Å². The number of carbonyl (C=O) groups is 1. The number of aromatic amines is 1. The van der Waals surface area contributed by atoms with Crippen LogP contribution in [0.2, 0.25) is 0 Å². The molecule has 1 aromatic heterocycles. The van der Waals surface area contributed by atoms with E-state index in [0.29, 0.717) is 16.8 Å². The van der Waals surface area contributed by atoms with E-state index >= 15 is 0 Å². The number of pyridine rings is 1. The summed E-state index contributed by atoms with van der Waals surface area (Å²) < 4.78 is 0. The molecule has 5 nitrogen and oxygen atoms in total. The van der Waals surface area contributed by atoms with E-state index in [2.05, 4.69) is 10.3 Å². The molecular weight excluding hydrogens is 302 g/mol. The average molecular weight is 321 g/mol. The Balaban J connectivity index is 1.90. The van der Waals surface area contributed by atoms with Gasteiger partial charge in [-0.2, -0.15) is 0 Å². The fourth-order valence-corrected chi connectivity index (χ4v) is 2.64. The minimum atomic E-state index is -0.187. The molecule has 0 fully saturated rings. The Bertz CT molecular complexity index is 974. The summed E-state index contributed by atoms with van der Waals surface area (Å²) in [5.41, 5.74) is 3.65. The van der Waals surface area contributed by atoms with Crippen LogP contribution >= 0.6 is 0 Å². The van der Waals surface area contributed by atoms with Crippen LogP contribution in [0.4, 0.5) is 11.4 Å². The van der Waals surface area contributed by atoms with Gasteiger partial charge in [0.1, 0.15) is 0 Å². The third-order valence-electron chi connectivity index (χ3n) is 3.93. The molecule has 5 heteroatoms. The molecule has 2 aromatic carbocycles. The number of H-pyrrole nitrogens is 1. The standard InChI is InChI=1S/C19H19N3O2/c1-12-9-18(23)21-17-11-14(7-8-16(12)17)20-19(24)13-5-4-6-15(10-13)22(2)3/h4-11H,1-3H3,(H,20,24)(H,21,23). The van der Waals surface area contributed by atoms with Gasteiger partial charge in [-0.3, -0.25) is 9.59 Å². The van der Waals surface area contributed by atoms with Crippen LogP contribution in [0.1, 0.15) is 15.9 Å². The zero-order chi connectivity index (χ0) is 17.3. The highest BCUT2D eigenvalue weighted by atomic mass is 16.1. The van der Waals surface area contributed by atoms with Gasteiger partial charge in [0.25, 0.3) is 5.91 Å². The molecule has 0 spiro atoms. The highest BCUT2D eigenvalue weighted by Crippen LogP contribution is 2.20. The van der Waals surface area contributed by atoms with E-state index in [-0.39, 0.29) is 11.5 Å². The van der Waals surface area contributed by atoms with Crippen LogP contribution in [0.25, 0.3) is 10.9 Å². The number of anilines is 2. The maximum Gasteiger partial charge on any atom is 0.255 e. The summed E-state index contributed by atoms with van der Waals surface area (Å²) in [5, 5.41) is 3.84. The highest BCUT2D eigenvalue weighted by Gasteiger charge is 2.09. The number of hydrogen-bond acceptors (Lipinski definition) is 3.